The van der Waals surface area contributed by atoms with Gasteiger partial charge in [-0.25, -0.2) is 4.42 Å². The van der Waals surface area contributed by atoms with Crippen LogP contribution in [0.3, 0.4) is 0 Å². The van der Waals surface area contributed by atoms with E-state index in [2.05, 4.69) is 0 Å². The molecule has 1 aromatic heterocycles. The number of hydrogen-bond acceptors (Lipinski definition) is 15. The van der Waals surface area contributed by atoms with Gasteiger partial charge in [0, 0.05) is 18.2 Å². The summed E-state index contributed by atoms with van der Waals surface area (Å²) in [5.74, 6) is -1.07. The van der Waals surface area contributed by atoms with E-state index in [1.165, 1.54) is 37.4 Å². The van der Waals surface area contributed by atoms with Crippen molar-refractivity contribution in [2.75, 3.05) is 20.3 Å². The molecule has 2 aromatic carbocycles. The Labute approximate surface area is 248 Å². The second kappa shape index (κ2) is 12.8. The van der Waals surface area contributed by atoms with Gasteiger partial charge in [0.1, 0.15) is 59.6 Å². The van der Waals surface area contributed by atoms with E-state index in [-0.39, 0.29) is 45.3 Å². The molecule has 0 unspecified atom stereocenters. The van der Waals surface area contributed by atoms with Gasteiger partial charge in [-0.15, -0.1) is 0 Å². The summed E-state index contributed by atoms with van der Waals surface area (Å²) in [6.07, 6.45) is -16.9. The lowest BCUT2D eigenvalue weighted by Gasteiger charge is -2.45. The van der Waals surface area contributed by atoms with Gasteiger partial charge in [-0.05, 0) is 12.1 Å². The first-order valence-corrected chi connectivity index (χ1v) is 13.4. The van der Waals surface area contributed by atoms with Crippen molar-refractivity contribution in [1.29, 1.82) is 0 Å². The van der Waals surface area contributed by atoms with Gasteiger partial charge in [0.15, 0.2) is 23.9 Å². The third kappa shape index (κ3) is 5.92. The van der Waals surface area contributed by atoms with Gasteiger partial charge in [-0.3, -0.25) is 0 Å². The standard InChI is InChI=1S/C28H32O16/c1-39-16-4-10(2-3-13(16)32)25-17(7-12-14(33)5-11(31)6-15(12)40-25)41-28-26(23(37)21(35)19(9-30)43-28)44-27-24(38)22(36)20(34)18(8-29)42-27/h2-7,18-24,26-30,34-38H,8-9H2,1H3,(H2-,31,32,33)/p+1/t18-,19-,20-,21-,22+,23+,24-,26-,27+,28-/m1/s1. The fraction of sp³-hybridized carbons (Fsp3) is 0.464. The summed E-state index contributed by atoms with van der Waals surface area (Å²) in [5.41, 5.74) is 0.278. The lowest BCUT2D eigenvalue weighted by Crippen LogP contribution is -2.65. The second-order valence-corrected chi connectivity index (χ2v) is 10.3. The number of aliphatic hydroxyl groups is 7. The molecule has 2 aliphatic heterocycles. The van der Waals surface area contributed by atoms with Crippen molar-refractivity contribution in [2.24, 2.45) is 0 Å². The molecule has 2 saturated heterocycles. The molecule has 2 fully saturated rings. The smallest absolute Gasteiger partial charge is 0.402 e. The van der Waals surface area contributed by atoms with Gasteiger partial charge < -0.3 is 74.7 Å². The molecule has 0 radical (unpaired) electrons. The lowest BCUT2D eigenvalue weighted by atomic mass is 9.97. The number of ether oxygens (including phenoxy) is 5. The lowest BCUT2D eigenvalue weighted by molar-refractivity contribution is -0.357. The topological polar surface area (TPSA) is 260 Å². The number of hydrogen-bond donors (Lipinski definition) is 10. The van der Waals surface area contributed by atoms with Crippen LogP contribution in [0, 0.1) is 0 Å². The molecule has 0 saturated carbocycles. The van der Waals surface area contributed by atoms with Crippen LogP contribution in [-0.4, -0.2) is 133 Å². The van der Waals surface area contributed by atoms with Gasteiger partial charge in [0.2, 0.25) is 12.0 Å². The van der Waals surface area contributed by atoms with E-state index in [1.807, 2.05) is 0 Å². The highest BCUT2D eigenvalue weighted by molar-refractivity contribution is 5.88. The average Bonchev–Trinajstić information content (AvgIpc) is 3.00. The molecule has 0 aliphatic carbocycles. The Hall–Kier alpha value is -3.55. The summed E-state index contributed by atoms with van der Waals surface area (Å²) < 4.78 is 34.1. The highest BCUT2D eigenvalue weighted by Crippen LogP contribution is 2.42. The van der Waals surface area contributed by atoms with Crippen LogP contribution in [-0.2, 0) is 14.2 Å². The molecule has 3 aromatic rings. The number of fused-ring (bicyclic) bond motifs is 1. The Morgan fingerprint density at radius 3 is 2.05 bits per heavy atom. The van der Waals surface area contributed by atoms with Crippen molar-refractivity contribution in [3.8, 4) is 40.1 Å². The van der Waals surface area contributed by atoms with Crippen molar-refractivity contribution in [2.45, 2.75) is 61.4 Å². The van der Waals surface area contributed by atoms with E-state index in [9.17, 15) is 51.1 Å². The van der Waals surface area contributed by atoms with Crippen LogP contribution in [0.5, 0.6) is 28.7 Å². The molecule has 240 valence electrons. The van der Waals surface area contributed by atoms with Gasteiger partial charge in [0.25, 0.3) is 0 Å². The fourth-order valence-corrected chi connectivity index (χ4v) is 5.05. The molecule has 0 bridgehead atoms. The monoisotopic (exact) mass is 625 g/mol. The molecule has 0 spiro atoms. The summed E-state index contributed by atoms with van der Waals surface area (Å²) in [7, 11) is 1.32. The number of methoxy groups -OCH3 is 1. The third-order valence-electron chi connectivity index (χ3n) is 7.47. The van der Waals surface area contributed by atoms with Crippen LogP contribution < -0.4 is 9.47 Å². The number of benzene rings is 2. The molecule has 44 heavy (non-hydrogen) atoms. The molecule has 16 heteroatoms. The van der Waals surface area contributed by atoms with E-state index in [4.69, 9.17) is 28.1 Å². The van der Waals surface area contributed by atoms with Crippen LogP contribution in [0.25, 0.3) is 22.3 Å². The highest BCUT2D eigenvalue weighted by Gasteiger charge is 2.51. The Balaban J connectivity index is 1.58. The molecular formula is C28H33O16+. The predicted molar refractivity (Wildman–Crippen MR) is 145 cm³/mol. The van der Waals surface area contributed by atoms with Gasteiger partial charge in [0.05, 0.1) is 32.0 Å². The summed E-state index contributed by atoms with van der Waals surface area (Å²) in [6.45, 7) is -1.53. The first-order chi connectivity index (χ1) is 21.0. The Morgan fingerprint density at radius 2 is 1.39 bits per heavy atom. The van der Waals surface area contributed by atoms with Crippen LogP contribution in [0.4, 0.5) is 0 Å². The normalized spacial score (nSPS) is 32.5. The predicted octanol–water partition coefficient (Wildman–Crippen LogP) is -1.49. The Bertz CT molecular complexity index is 1470. The van der Waals surface area contributed by atoms with Crippen molar-refractivity contribution in [1.82, 2.24) is 0 Å². The highest BCUT2D eigenvalue weighted by atomic mass is 16.8. The number of rotatable bonds is 8. The average molecular weight is 626 g/mol. The van der Waals surface area contributed by atoms with E-state index < -0.39 is 80.4 Å². The van der Waals surface area contributed by atoms with E-state index in [1.54, 1.807) is 0 Å². The van der Waals surface area contributed by atoms with Gasteiger partial charge in [-0.1, -0.05) is 0 Å². The Kier molecular flexibility index (Phi) is 9.28. The van der Waals surface area contributed by atoms with Crippen LogP contribution in [0.15, 0.2) is 40.8 Å². The molecule has 2 aliphatic rings. The zero-order valence-electron chi connectivity index (χ0n) is 23.1. The second-order valence-electron chi connectivity index (χ2n) is 10.3. The summed E-state index contributed by atoms with van der Waals surface area (Å²) in [4.78, 5) is 0. The van der Waals surface area contributed by atoms with Crippen molar-refractivity contribution in [3.05, 3.63) is 36.4 Å². The van der Waals surface area contributed by atoms with Crippen LogP contribution in [0.2, 0.25) is 0 Å². The van der Waals surface area contributed by atoms with E-state index >= 15 is 0 Å². The first kappa shape index (κ1) is 31.9. The molecular weight excluding hydrogens is 592 g/mol. The maximum absolute atomic E-state index is 11.0. The van der Waals surface area contributed by atoms with Gasteiger partial charge >= 0.3 is 11.3 Å². The summed E-state index contributed by atoms with van der Waals surface area (Å²) in [6, 6.07) is 7.73. The zero-order chi connectivity index (χ0) is 31.9. The fourth-order valence-electron chi connectivity index (χ4n) is 5.05. The molecule has 0 amide bonds. The SMILES string of the molecule is COc1cc(-c2[o+]c3cc(O)cc(O)c3cc2O[C@@H]2O[C@H](CO)[C@@H](O)[C@H](O)[C@H]2O[C@@H]2O[C@H](CO)[C@@H](O)[C@H](O)[C@H]2O)ccc1O. The molecule has 16 nitrogen and oxygen atoms in total. The van der Waals surface area contributed by atoms with Crippen LogP contribution in [0.1, 0.15) is 0 Å². The molecule has 5 rings (SSSR count). The number of phenols is 3. The van der Waals surface area contributed by atoms with Crippen LogP contribution >= 0.6 is 0 Å². The summed E-state index contributed by atoms with van der Waals surface area (Å²) in [5, 5.41) is 102. The van der Waals surface area contributed by atoms with Crippen molar-refractivity contribution in [3.63, 3.8) is 0 Å². The zero-order valence-corrected chi connectivity index (χ0v) is 23.1. The first-order valence-electron chi connectivity index (χ1n) is 13.4. The minimum absolute atomic E-state index is 0.0132. The van der Waals surface area contributed by atoms with E-state index in [0.717, 1.165) is 6.07 Å². The summed E-state index contributed by atoms with van der Waals surface area (Å²) >= 11 is 0. The minimum Gasteiger partial charge on any atom is -0.507 e. The number of aromatic hydroxyl groups is 3. The maximum atomic E-state index is 11.0. The molecule has 3 heterocycles. The third-order valence-corrected chi connectivity index (χ3v) is 7.47. The Morgan fingerprint density at radius 1 is 0.727 bits per heavy atom. The maximum Gasteiger partial charge on any atom is 0.402 e. The quantitative estimate of drug-likeness (QED) is 0.128. The number of phenolic OH excluding ortho intramolecular Hbond substituents is 3. The minimum atomic E-state index is -1.88. The van der Waals surface area contributed by atoms with E-state index in [0.29, 0.717) is 0 Å². The van der Waals surface area contributed by atoms with Gasteiger partial charge in [-0.2, -0.15) is 0 Å². The molecule has 10 N–H and O–H groups in total. The van der Waals surface area contributed by atoms with Crippen molar-refractivity contribution >= 4 is 11.0 Å². The number of aliphatic hydroxyl groups excluding tert-OH is 7. The largest absolute Gasteiger partial charge is 0.507 e. The van der Waals surface area contributed by atoms with Crippen molar-refractivity contribution < 1.29 is 79.2 Å². The molecule has 10 atom stereocenters.